The van der Waals surface area contributed by atoms with Crippen LogP contribution in [0.15, 0.2) is 64.3 Å². The number of benzene rings is 1. The van der Waals surface area contributed by atoms with Gasteiger partial charge in [-0.2, -0.15) is 0 Å². The van der Waals surface area contributed by atoms with Crippen LogP contribution < -0.4 is 5.32 Å². The molecule has 1 aromatic carbocycles. The highest BCUT2D eigenvalue weighted by atomic mass is 32.1. The Morgan fingerprint density at radius 2 is 2.06 bits per heavy atom. The molecule has 0 bridgehead atoms. The zero-order valence-electron chi connectivity index (χ0n) is 18.4. The van der Waals surface area contributed by atoms with Gasteiger partial charge in [-0.05, 0) is 55.3 Å². The summed E-state index contributed by atoms with van der Waals surface area (Å²) in [6, 6.07) is 10.1. The molecule has 0 radical (unpaired) electrons. The molecule has 2 aliphatic heterocycles. The lowest BCUT2D eigenvalue weighted by atomic mass is 9.72. The standard InChI is InChI=1S/C26H26FNO4S/c1-15-23(26(30)32-14-19-4-2-10-31-19)24(16-6-8-18(27)9-7-16)25-20(28-15)12-17(13-21(25)29)22-5-3-11-33-22/h3,5-9,11,17,19,24,28H,2,4,10,12-14H2,1H3/t17-,19-,24+/m0/s1. The number of esters is 1. The fraction of sp³-hybridized carbons (Fsp3) is 0.385. The molecule has 1 aliphatic carbocycles. The van der Waals surface area contributed by atoms with Crippen molar-refractivity contribution in [1.82, 2.24) is 5.32 Å². The molecule has 0 saturated carbocycles. The van der Waals surface area contributed by atoms with Crippen molar-refractivity contribution in [2.45, 2.75) is 50.5 Å². The predicted molar refractivity (Wildman–Crippen MR) is 123 cm³/mol. The Morgan fingerprint density at radius 3 is 2.76 bits per heavy atom. The maximum absolute atomic E-state index is 13.7. The summed E-state index contributed by atoms with van der Waals surface area (Å²) >= 11 is 1.65. The lowest BCUT2D eigenvalue weighted by Gasteiger charge is -2.36. The molecule has 7 heteroatoms. The second kappa shape index (κ2) is 9.23. The first-order chi connectivity index (χ1) is 16.0. The first-order valence-electron chi connectivity index (χ1n) is 11.3. The molecule has 1 N–H and O–H groups in total. The van der Waals surface area contributed by atoms with E-state index in [0.717, 1.165) is 18.5 Å². The number of ketones is 1. The minimum absolute atomic E-state index is 0.00778. The lowest BCUT2D eigenvalue weighted by Crippen LogP contribution is -2.36. The van der Waals surface area contributed by atoms with Crippen molar-refractivity contribution in [1.29, 1.82) is 0 Å². The number of ether oxygens (including phenoxy) is 2. The van der Waals surface area contributed by atoms with E-state index in [9.17, 15) is 14.0 Å². The number of Topliss-reactive ketones (excluding diaryl/α,β-unsaturated/α-hetero) is 1. The van der Waals surface area contributed by atoms with Crippen LogP contribution in [-0.4, -0.2) is 31.1 Å². The fourth-order valence-electron chi connectivity index (χ4n) is 5.05. The maximum atomic E-state index is 13.7. The third-order valence-corrected chi connectivity index (χ3v) is 7.66. The monoisotopic (exact) mass is 467 g/mol. The molecule has 3 heterocycles. The Hall–Kier alpha value is -2.77. The van der Waals surface area contributed by atoms with Crippen molar-refractivity contribution in [3.05, 3.63) is 80.6 Å². The smallest absolute Gasteiger partial charge is 0.336 e. The molecule has 33 heavy (non-hydrogen) atoms. The largest absolute Gasteiger partial charge is 0.459 e. The fourth-order valence-corrected chi connectivity index (χ4v) is 5.88. The molecule has 5 rings (SSSR count). The van der Waals surface area contributed by atoms with Gasteiger partial charge in [-0.25, -0.2) is 9.18 Å². The molecule has 172 valence electrons. The summed E-state index contributed by atoms with van der Waals surface area (Å²) in [5, 5.41) is 5.37. The van der Waals surface area contributed by atoms with Gasteiger partial charge in [-0.15, -0.1) is 11.3 Å². The highest BCUT2D eigenvalue weighted by Gasteiger charge is 2.41. The zero-order chi connectivity index (χ0) is 22.9. The summed E-state index contributed by atoms with van der Waals surface area (Å²) in [7, 11) is 0. The molecule has 0 spiro atoms. The van der Waals surface area contributed by atoms with Gasteiger partial charge < -0.3 is 14.8 Å². The highest BCUT2D eigenvalue weighted by molar-refractivity contribution is 7.10. The van der Waals surface area contributed by atoms with Crippen molar-refractivity contribution < 1.29 is 23.5 Å². The van der Waals surface area contributed by atoms with Crippen LogP contribution in [0.25, 0.3) is 0 Å². The van der Waals surface area contributed by atoms with Crippen LogP contribution in [0.4, 0.5) is 4.39 Å². The van der Waals surface area contributed by atoms with E-state index in [2.05, 4.69) is 11.4 Å². The average Bonchev–Trinajstić information content (AvgIpc) is 3.51. The van der Waals surface area contributed by atoms with Crippen LogP contribution in [0.2, 0.25) is 0 Å². The van der Waals surface area contributed by atoms with Gasteiger partial charge in [0.05, 0.1) is 11.7 Å². The predicted octanol–water partition coefficient (Wildman–Crippen LogP) is 4.97. The van der Waals surface area contributed by atoms with Crippen LogP contribution in [0.1, 0.15) is 54.9 Å². The number of halogens is 1. The third kappa shape index (κ3) is 4.39. The van der Waals surface area contributed by atoms with Crippen molar-refractivity contribution in [2.75, 3.05) is 13.2 Å². The van der Waals surface area contributed by atoms with Gasteiger partial charge in [-0.1, -0.05) is 18.2 Å². The number of hydrogen-bond donors (Lipinski definition) is 1. The number of carbonyl (C=O) groups is 2. The first-order valence-corrected chi connectivity index (χ1v) is 12.2. The summed E-state index contributed by atoms with van der Waals surface area (Å²) in [6.45, 7) is 2.70. The molecule has 0 unspecified atom stereocenters. The zero-order valence-corrected chi connectivity index (χ0v) is 19.3. The third-order valence-electron chi connectivity index (χ3n) is 6.62. The van der Waals surface area contributed by atoms with E-state index in [1.54, 1.807) is 23.5 Å². The van der Waals surface area contributed by atoms with E-state index in [-0.39, 0.29) is 30.2 Å². The second-order valence-electron chi connectivity index (χ2n) is 8.82. The van der Waals surface area contributed by atoms with E-state index in [1.165, 1.54) is 17.0 Å². The van der Waals surface area contributed by atoms with Crippen LogP contribution >= 0.6 is 11.3 Å². The number of rotatable bonds is 5. The Balaban J connectivity index is 1.50. The number of carbonyl (C=O) groups excluding carboxylic acids is 2. The molecule has 3 atom stereocenters. The molecule has 1 fully saturated rings. The summed E-state index contributed by atoms with van der Waals surface area (Å²) in [5.74, 6) is -1.30. The van der Waals surface area contributed by atoms with Gasteiger partial charge in [0.15, 0.2) is 5.78 Å². The normalized spacial score (nSPS) is 25.2. The Morgan fingerprint density at radius 1 is 1.24 bits per heavy atom. The number of thiophene rings is 1. The first kappa shape index (κ1) is 22.0. The second-order valence-corrected chi connectivity index (χ2v) is 9.80. The lowest BCUT2D eigenvalue weighted by molar-refractivity contribution is -0.142. The van der Waals surface area contributed by atoms with Crippen molar-refractivity contribution in [3.63, 3.8) is 0 Å². The van der Waals surface area contributed by atoms with Gasteiger partial charge >= 0.3 is 5.97 Å². The molecule has 0 amide bonds. The maximum Gasteiger partial charge on any atom is 0.336 e. The van der Waals surface area contributed by atoms with Crippen molar-refractivity contribution >= 4 is 23.1 Å². The summed E-state index contributed by atoms with van der Waals surface area (Å²) in [4.78, 5) is 27.9. The van der Waals surface area contributed by atoms with Crippen LogP contribution in [-0.2, 0) is 19.1 Å². The van der Waals surface area contributed by atoms with Gasteiger partial charge in [0.1, 0.15) is 12.4 Å². The Bertz CT molecular complexity index is 1110. The molecule has 1 aromatic heterocycles. The molecule has 5 nitrogen and oxygen atoms in total. The van der Waals surface area contributed by atoms with Crippen LogP contribution in [0.5, 0.6) is 0 Å². The highest BCUT2D eigenvalue weighted by Crippen LogP contribution is 2.46. The SMILES string of the molecule is CC1=C(C(=O)OC[C@@H]2CCCO2)[C@@H](c2ccc(F)cc2)C2=C(C[C@H](c3cccs3)CC2=O)N1. The summed E-state index contributed by atoms with van der Waals surface area (Å²) in [6.07, 6.45) is 2.81. The van der Waals surface area contributed by atoms with Crippen molar-refractivity contribution in [3.8, 4) is 0 Å². The van der Waals surface area contributed by atoms with E-state index in [0.29, 0.717) is 41.9 Å². The van der Waals surface area contributed by atoms with Gasteiger partial charge in [0.2, 0.25) is 0 Å². The van der Waals surface area contributed by atoms with E-state index in [1.807, 2.05) is 18.4 Å². The average molecular weight is 468 g/mol. The summed E-state index contributed by atoms with van der Waals surface area (Å²) < 4.78 is 24.9. The van der Waals surface area contributed by atoms with Gasteiger partial charge in [-0.3, -0.25) is 4.79 Å². The number of dihydropyridines is 1. The minimum Gasteiger partial charge on any atom is -0.459 e. The molecule has 3 aliphatic rings. The number of hydrogen-bond acceptors (Lipinski definition) is 6. The summed E-state index contributed by atoms with van der Waals surface area (Å²) in [5.41, 5.74) is 3.20. The molecule has 1 saturated heterocycles. The molecular formula is C26H26FNO4S. The van der Waals surface area contributed by atoms with Gasteiger partial charge in [0.25, 0.3) is 0 Å². The van der Waals surface area contributed by atoms with Crippen LogP contribution in [0.3, 0.4) is 0 Å². The molecule has 2 aromatic rings. The van der Waals surface area contributed by atoms with Gasteiger partial charge in [0, 0.05) is 46.7 Å². The minimum atomic E-state index is -0.587. The topological polar surface area (TPSA) is 64.6 Å². The van der Waals surface area contributed by atoms with Crippen LogP contribution in [0, 0.1) is 5.82 Å². The quantitative estimate of drug-likeness (QED) is 0.629. The van der Waals surface area contributed by atoms with E-state index in [4.69, 9.17) is 9.47 Å². The van der Waals surface area contributed by atoms with Crippen molar-refractivity contribution in [2.24, 2.45) is 0 Å². The number of nitrogens with one attached hydrogen (secondary N) is 1. The molecular weight excluding hydrogens is 441 g/mol. The Labute approximate surface area is 196 Å². The van der Waals surface area contributed by atoms with E-state index >= 15 is 0 Å². The Kier molecular flexibility index (Phi) is 6.17. The number of allylic oxidation sites excluding steroid dienone is 3. The van der Waals surface area contributed by atoms with E-state index < -0.39 is 11.9 Å².